The van der Waals surface area contributed by atoms with Crippen molar-refractivity contribution in [2.75, 3.05) is 7.11 Å². The highest BCUT2D eigenvalue weighted by Crippen LogP contribution is 2.02. The van der Waals surface area contributed by atoms with Crippen LogP contribution in [0.1, 0.15) is 12.0 Å². The van der Waals surface area contributed by atoms with Gasteiger partial charge in [0.05, 0.1) is 0 Å². The first kappa shape index (κ1) is 10.2. The van der Waals surface area contributed by atoms with E-state index in [1.54, 1.807) is 7.11 Å². The van der Waals surface area contributed by atoms with Crippen molar-refractivity contribution in [3.05, 3.63) is 42.0 Å². The number of hydrogen-bond acceptors (Lipinski definition) is 1. The molecule has 1 aromatic rings. The van der Waals surface area contributed by atoms with Crippen LogP contribution in [0.2, 0.25) is 6.04 Å². The highest BCUT2D eigenvalue weighted by atomic mass is 28.2. The lowest BCUT2D eigenvalue weighted by atomic mass is 10.2. The molecular formula is C11H16OSi. The fourth-order valence-corrected chi connectivity index (χ4v) is 1.82. The zero-order valence-electron chi connectivity index (χ0n) is 8.07. The third kappa shape index (κ3) is 4.65. The fraction of sp³-hybridized carbons (Fsp3) is 0.273. The van der Waals surface area contributed by atoms with E-state index < -0.39 is 0 Å². The van der Waals surface area contributed by atoms with Crippen LogP contribution >= 0.6 is 0 Å². The Morgan fingerprint density at radius 1 is 1.31 bits per heavy atom. The maximum atomic E-state index is 5.10. The maximum Gasteiger partial charge on any atom is 0.161 e. The van der Waals surface area contributed by atoms with E-state index in [1.807, 2.05) is 6.07 Å². The zero-order valence-corrected chi connectivity index (χ0v) is 9.49. The van der Waals surface area contributed by atoms with E-state index in [-0.39, 0.29) is 9.76 Å². The van der Waals surface area contributed by atoms with Gasteiger partial charge < -0.3 is 4.43 Å². The van der Waals surface area contributed by atoms with Crippen molar-refractivity contribution in [2.45, 2.75) is 12.5 Å². The van der Waals surface area contributed by atoms with Crippen LogP contribution in [0, 0.1) is 0 Å². The molecule has 2 heteroatoms. The molecule has 1 rings (SSSR count). The summed E-state index contributed by atoms with van der Waals surface area (Å²) in [5, 5.41) is 0. The second kappa shape index (κ2) is 6.63. The van der Waals surface area contributed by atoms with Crippen molar-refractivity contribution >= 4 is 15.8 Å². The van der Waals surface area contributed by atoms with Crippen LogP contribution in [0.5, 0.6) is 0 Å². The van der Waals surface area contributed by atoms with Crippen LogP contribution in [-0.4, -0.2) is 16.9 Å². The molecule has 1 aromatic carbocycles. The third-order valence-corrected chi connectivity index (χ3v) is 2.93. The van der Waals surface area contributed by atoms with Gasteiger partial charge in [-0.05, 0) is 18.0 Å². The minimum Gasteiger partial charge on any atom is -0.427 e. The lowest BCUT2D eigenvalue weighted by Crippen LogP contribution is -1.89. The number of allylic oxidation sites excluding steroid dienone is 1. The van der Waals surface area contributed by atoms with Crippen molar-refractivity contribution < 1.29 is 4.43 Å². The molecule has 0 fully saturated rings. The van der Waals surface area contributed by atoms with Gasteiger partial charge in [-0.1, -0.05) is 42.5 Å². The summed E-state index contributed by atoms with van der Waals surface area (Å²) in [4.78, 5) is 0. The maximum absolute atomic E-state index is 5.10. The first-order valence-electron chi connectivity index (χ1n) is 4.64. The molecule has 0 N–H and O–H groups in total. The normalized spacial score (nSPS) is 11.8. The quantitative estimate of drug-likeness (QED) is 0.513. The number of rotatable bonds is 5. The molecule has 0 aliphatic rings. The molecule has 0 saturated carbocycles. The predicted octanol–water partition coefficient (Wildman–Crippen LogP) is 2.24. The zero-order chi connectivity index (χ0) is 9.36. The van der Waals surface area contributed by atoms with Gasteiger partial charge in [0.15, 0.2) is 9.76 Å². The van der Waals surface area contributed by atoms with Gasteiger partial charge in [-0.25, -0.2) is 0 Å². The van der Waals surface area contributed by atoms with Crippen LogP contribution in [0.3, 0.4) is 0 Å². The molecule has 0 amide bonds. The van der Waals surface area contributed by atoms with Gasteiger partial charge in [-0.2, -0.15) is 0 Å². The summed E-state index contributed by atoms with van der Waals surface area (Å²) in [6.07, 6.45) is 5.54. The molecular weight excluding hydrogens is 176 g/mol. The minimum atomic E-state index is -0.230. The van der Waals surface area contributed by atoms with Crippen molar-refractivity contribution in [3.8, 4) is 0 Å². The second-order valence-electron chi connectivity index (χ2n) is 2.95. The number of benzene rings is 1. The highest BCUT2D eigenvalue weighted by molar-refractivity contribution is 6.26. The predicted molar refractivity (Wildman–Crippen MR) is 60.5 cm³/mol. The molecule has 0 heterocycles. The Kier molecular flexibility index (Phi) is 5.21. The van der Waals surface area contributed by atoms with E-state index in [0.717, 1.165) is 6.42 Å². The molecule has 13 heavy (non-hydrogen) atoms. The van der Waals surface area contributed by atoms with Crippen LogP contribution in [0.15, 0.2) is 36.4 Å². The van der Waals surface area contributed by atoms with Gasteiger partial charge in [-0.15, -0.1) is 0 Å². The van der Waals surface area contributed by atoms with Crippen LogP contribution in [-0.2, 0) is 4.43 Å². The molecule has 0 unspecified atom stereocenters. The SMILES string of the molecule is CO[SiH2]CCC=Cc1ccccc1. The van der Waals surface area contributed by atoms with Crippen molar-refractivity contribution in [3.63, 3.8) is 0 Å². The van der Waals surface area contributed by atoms with Crippen LogP contribution in [0.25, 0.3) is 6.08 Å². The molecule has 0 saturated heterocycles. The Labute approximate surface area is 82.4 Å². The van der Waals surface area contributed by atoms with E-state index >= 15 is 0 Å². The van der Waals surface area contributed by atoms with E-state index in [2.05, 4.69) is 36.4 Å². The summed E-state index contributed by atoms with van der Waals surface area (Å²) in [5.74, 6) is 0. The lowest BCUT2D eigenvalue weighted by Gasteiger charge is -1.93. The Bertz CT molecular complexity index is 244. The van der Waals surface area contributed by atoms with Gasteiger partial charge in [-0.3, -0.25) is 0 Å². The summed E-state index contributed by atoms with van der Waals surface area (Å²) >= 11 is 0. The Hall–Kier alpha value is -0.863. The third-order valence-electron chi connectivity index (χ3n) is 1.83. The smallest absolute Gasteiger partial charge is 0.161 e. The molecule has 0 spiro atoms. The standard InChI is InChI=1S/C11H16OSi/c1-12-13-10-6-5-9-11-7-3-2-4-8-11/h2-5,7-9H,6,10,13H2,1H3. The van der Waals surface area contributed by atoms with E-state index in [4.69, 9.17) is 4.43 Å². The van der Waals surface area contributed by atoms with E-state index in [1.165, 1.54) is 11.6 Å². The molecule has 0 aliphatic carbocycles. The molecule has 1 nitrogen and oxygen atoms in total. The van der Waals surface area contributed by atoms with Crippen molar-refractivity contribution in [2.24, 2.45) is 0 Å². The monoisotopic (exact) mass is 192 g/mol. The van der Waals surface area contributed by atoms with E-state index in [0.29, 0.717) is 0 Å². The minimum absolute atomic E-state index is 0.230. The molecule has 0 radical (unpaired) electrons. The van der Waals surface area contributed by atoms with Crippen molar-refractivity contribution in [1.29, 1.82) is 0 Å². The summed E-state index contributed by atoms with van der Waals surface area (Å²) in [7, 11) is 1.57. The van der Waals surface area contributed by atoms with Gasteiger partial charge >= 0.3 is 0 Å². The van der Waals surface area contributed by atoms with Gasteiger partial charge in [0.25, 0.3) is 0 Å². The van der Waals surface area contributed by atoms with Crippen molar-refractivity contribution in [1.82, 2.24) is 0 Å². The molecule has 0 aromatic heterocycles. The highest BCUT2D eigenvalue weighted by Gasteiger charge is 1.84. The van der Waals surface area contributed by atoms with E-state index in [9.17, 15) is 0 Å². The Balaban J connectivity index is 2.25. The van der Waals surface area contributed by atoms with Crippen LogP contribution in [0.4, 0.5) is 0 Å². The topological polar surface area (TPSA) is 9.23 Å². The molecule has 0 aliphatic heterocycles. The second-order valence-corrected chi connectivity index (χ2v) is 4.64. The lowest BCUT2D eigenvalue weighted by molar-refractivity contribution is 0.441. The average molecular weight is 192 g/mol. The first-order valence-corrected chi connectivity index (χ1v) is 6.22. The molecule has 0 bridgehead atoms. The average Bonchev–Trinajstić information content (AvgIpc) is 2.19. The van der Waals surface area contributed by atoms with Gasteiger partial charge in [0, 0.05) is 7.11 Å². The first-order chi connectivity index (χ1) is 6.43. The van der Waals surface area contributed by atoms with Gasteiger partial charge in [0.2, 0.25) is 0 Å². The summed E-state index contributed by atoms with van der Waals surface area (Å²) in [5.41, 5.74) is 1.28. The Morgan fingerprint density at radius 2 is 2.08 bits per heavy atom. The summed E-state index contributed by atoms with van der Waals surface area (Å²) in [6.45, 7) is 0. The summed E-state index contributed by atoms with van der Waals surface area (Å²) < 4.78 is 5.10. The largest absolute Gasteiger partial charge is 0.427 e. The van der Waals surface area contributed by atoms with Crippen LogP contribution < -0.4 is 0 Å². The number of hydrogen-bond donors (Lipinski definition) is 0. The van der Waals surface area contributed by atoms with Gasteiger partial charge in [0.1, 0.15) is 0 Å². The molecule has 0 atom stereocenters. The summed E-state index contributed by atoms with van der Waals surface area (Å²) in [6, 6.07) is 11.6. The fourth-order valence-electron chi connectivity index (χ4n) is 1.13. The molecule has 70 valence electrons. The Morgan fingerprint density at radius 3 is 2.77 bits per heavy atom.